The summed E-state index contributed by atoms with van der Waals surface area (Å²) < 4.78 is 0. The summed E-state index contributed by atoms with van der Waals surface area (Å²) in [7, 11) is 0. The molecule has 5 nitrogen and oxygen atoms in total. The molecular formula is C27H41N5S. The van der Waals surface area contributed by atoms with Gasteiger partial charge in [-0.1, -0.05) is 62.9 Å². The van der Waals surface area contributed by atoms with Crippen LogP contribution < -0.4 is 10.6 Å². The number of allylic oxidation sites excluding steroid dienone is 3. The number of thioether (sulfide) groups is 1. The van der Waals surface area contributed by atoms with E-state index in [-0.39, 0.29) is 0 Å². The van der Waals surface area contributed by atoms with Gasteiger partial charge in [-0.05, 0) is 49.8 Å². The molecule has 0 aliphatic carbocycles. The van der Waals surface area contributed by atoms with E-state index in [9.17, 15) is 0 Å². The number of amidine groups is 1. The van der Waals surface area contributed by atoms with E-state index in [1.54, 1.807) is 11.8 Å². The molecule has 3 rings (SSSR count). The average Bonchev–Trinajstić information content (AvgIpc) is 2.81. The minimum Gasteiger partial charge on any atom is -0.357 e. The Morgan fingerprint density at radius 3 is 2.73 bits per heavy atom. The van der Waals surface area contributed by atoms with Gasteiger partial charge in [0.05, 0.1) is 16.4 Å². The molecule has 1 saturated heterocycles. The Morgan fingerprint density at radius 2 is 2.00 bits per heavy atom. The van der Waals surface area contributed by atoms with Gasteiger partial charge in [0.25, 0.3) is 0 Å². The molecule has 1 aromatic carbocycles. The highest BCUT2D eigenvalue weighted by atomic mass is 32.2. The number of nitrogens with one attached hydrogen (secondary N) is 2. The van der Waals surface area contributed by atoms with Gasteiger partial charge < -0.3 is 15.5 Å². The summed E-state index contributed by atoms with van der Waals surface area (Å²) in [5.74, 6) is 1.14. The van der Waals surface area contributed by atoms with Gasteiger partial charge in [0.15, 0.2) is 0 Å². The smallest absolute Gasteiger partial charge is 0.109 e. The summed E-state index contributed by atoms with van der Waals surface area (Å²) in [5.41, 5.74) is 1.99. The van der Waals surface area contributed by atoms with Crippen LogP contribution in [0.4, 0.5) is 11.4 Å². The first-order valence-electron chi connectivity index (χ1n) is 12.1. The van der Waals surface area contributed by atoms with E-state index in [1.807, 2.05) is 24.4 Å². The Bertz CT molecular complexity index is 850. The van der Waals surface area contributed by atoms with E-state index in [0.29, 0.717) is 6.04 Å². The summed E-state index contributed by atoms with van der Waals surface area (Å²) in [6.07, 6.45) is 12.6. The van der Waals surface area contributed by atoms with Crippen molar-refractivity contribution < 1.29 is 0 Å². The molecule has 2 heterocycles. The molecule has 0 amide bonds. The Hall–Kier alpha value is -2.31. The zero-order valence-corrected chi connectivity index (χ0v) is 21.6. The average molecular weight is 468 g/mol. The van der Waals surface area contributed by atoms with Crippen LogP contribution in [-0.2, 0) is 0 Å². The summed E-state index contributed by atoms with van der Waals surface area (Å²) >= 11 is 1.68. The zero-order chi connectivity index (χ0) is 23.9. The van der Waals surface area contributed by atoms with Crippen LogP contribution in [0, 0.1) is 0 Å². The Balaban J connectivity index is 0.000000299. The second-order valence-electron chi connectivity index (χ2n) is 8.22. The van der Waals surface area contributed by atoms with Gasteiger partial charge in [0, 0.05) is 44.9 Å². The summed E-state index contributed by atoms with van der Waals surface area (Å²) in [5, 5.41) is 7.70. The van der Waals surface area contributed by atoms with Crippen molar-refractivity contribution in [1.82, 2.24) is 10.2 Å². The number of aliphatic imine (C=N–C) groups is 2. The van der Waals surface area contributed by atoms with Crippen molar-refractivity contribution in [2.75, 3.05) is 31.5 Å². The van der Waals surface area contributed by atoms with Crippen LogP contribution in [0.3, 0.4) is 0 Å². The first-order valence-corrected chi connectivity index (χ1v) is 13.0. The van der Waals surface area contributed by atoms with Gasteiger partial charge in [-0.2, -0.15) is 0 Å². The predicted molar refractivity (Wildman–Crippen MR) is 149 cm³/mol. The molecule has 2 N–H and O–H groups in total. The van der Waals surface area contributed by atoms with Gasteiger partial charge in [-0.3, -0.25) is 4.99 Å². The highest BCUT2D eigenvalue weighted by molar-refractivity contribution is 8.06. The summed E-state index contributed by atoms with van der Waals surface area (Å²) in [4.78, 5) is 12.9. The molecule has 33 heavy (non-hydrogen) atoms. The van der Waals surface area contributed by atoms with Crippen LogP contribution in [0.5, 0.6) is 0 Å². The van der Waals surface area contributed by atoms with Crippen LogP contribution in [0.2, 0.25) is 0 Å². The number of hydrogen-bond donors (Lipinski definition) is 2. The van der Waals surface area contributed by atoms with E-state index in [1.165, 1.54) is 17.7 Å². The Labute approximate surface area is 205 Å². The highest BCUT2D eigenvalue weighted by Gasteiger charge is 2.15. The molecule has 0 bridgehead atoms. The molecular weight excluding hydrogens is 426 g/mol. The predicted octanol–water partition coefficient (Wildman–Crippen LogP) is 6.76. The second kappa shape index (κ2) is 15.5. The molecule has 6 heteroatoms. The fourth-order valence-corrected chi connectivity index (χ4v) is 4.23. The number of fused-ring (bicyclic) bond motifs is 1. The van der Waals surface area contributed by atoms with E-state index in [0.717, 1.165) is 61.3 Å². The van der Waals surface area contributed by atoms with Gasteiger partial charge in [-0.15, -0.1) is 0 Å². The number of piperazine rings is 1. The van der Waals surface area contributed by atoms with Gasteiger partial charge in [-0.25, -0.2) is 4.99 Å². The summed E-state index contributed by atoms with van der Waals surface area (Å²) in [6.45, 7) is 16.8. The fourth-order valence-electron chi connectivity index (χ4n) is 3.52. The van der Waals surface area contributed by atoms with Crippen LogP contribution >= 0.6 is 11.8 Å². The molecule has 1 atom stereocenters. The third kappa shape index (κ3) is 10.4. The molecule has 2 aliphatic heterocycles. The molecule has 0 aromatic heterocycles. The SMILES string of the molecule is C=C1Nc2ccccc2N=C(N2CCNCC2)C/C=C(/C)S1.CC/C=C\C=NC(C)CCC. The van der Waals surface area contributed by atoms with Crippen molar-refractivity contribution in [1.29, 1.82) is 0 Å². The number of para-hydroxylation sites is 2. The quantitative estimate of drug-likeness (QED) is 0.470. The van der Waals surface area contributed by atoms with Crippen molar-refractivity contribution >= 4 is 35.2 Å². The van der Waals surface area contributed by atoms with Crippen molar-refractivity contribution in [2.24, 2.45) is 9.98 Å². The standard InChI is InChI=1S/C17H22N4S.C10H19N/c1-13-7-8-17(21-11-9-18-10-12-21)20-16-6-4-3-5-15(16)19-14(2)22-13;1-4-6-7-9-11-10(3)8-5-2/h3-7,18-19H,2,8-12H2,1H3;6-7,9-10H,4-5,8H2,1-3H3/b13-7-,20-17?;7-6-,11-9?. The van der Waals surface area contributed by atoms with Crippen LogP contribution in [-0.4, -0.2) is 49.2 Å². The minimum atomic E-state index is 0.488. The molecule has 0 spiro atoms. The molecule has 1 aromatic rings. The second-order valence-corrected chi connectivity index (χ2v) is 9.56. The first kappa shape index (κ1) is 26.9. The third-order valence-electron chi connectivity index (χ3n) is 5.27. The van der Waals surface area contributed by atoms with Crippen molar-refractivity contribution in [3.05, 3.63) is 59.0 Å². The number of nitrogens with zero attached hydrogens (tertiary/aromatic N) is 3. The van der Waals surface area contributed by atoms with E-state index in [4.69, 9.17) is 4.99 Å². The maximum Gasteiger partial charge on any atom is 0.109 e. The van der Waals surface area contributed by atoms with Crippen LogP contribution in [0.15, 0.2) is 69.0 Å². The van der Waals surface area contributed by atoms with Crippen molar-refractivity contribution in [3.8, 4) is 0 Å². The number of benzene rings is 1. The van der Waals surface area contributed by atoms with E-state index < -0.39 is 0 Å². The first-order chi connectivity index (χ1) is 16.0. The van der Waals surface area contributed by atoms with Crippen LogP contribution in [0.25, 0.3) is 0 Å². The number of anilines is 1. The van der Waals surface area contributed by atoms with Gasteiger partial charge in [0.2, 0.25) is 0 Å². The highest BCUT2D eigenvalue weighted by Crippen LogP contribution is 2.32. The van der Waals surface area contributed by atoms with Crippen molar-refractivity contribution in [2.45, 2.75) is 59.4 Å². The molecule has 2 aliphatic rings. The lowest BCUT2D eigenvalue weighted by atomic mass is 10.2. The molecule has 1 fully saturated rings. The molecule has 0 radical (unpaired) electrons. The Kier molecular flexibility index (Phi) is 12.7. The Morgan fingerprint density at radius 1 is 1.24 bits per heavy atom. The third-order valence-corrected chi connectivity index (χ3v) is 6.11. The maximum atomic E-state index is 4.95. The summed E-state index contributed by atoms with van der Waals surface area (Å²) in [6, 6.07) is 8.66. The number of hydrogen-bond acceptors (Lipinski definition) is 6. The molecule has 1 unspecified atom stereocenters. The molecule has 180 valence electrons. The fraction of sp³-hybridized carbons (Fsp3) is 0.481. The monoisotopic (exact) mass is 467 g/mol. The van der Waals surface area contributed by atoms with Gasteiger partial charge >= 0.3 is 0 Å². The van der Waals surface area contributed by atoms with E-state index >= 15 is 0 Å². The topological polar surface area (TPSA) is 52.0 Å². The minimum absolute atomic E-state index is 0.488. The van der Waals surface area contributed by atoms with Gasteiger partial charge in [0.1, 0.15) is 5.84 Å². The lowest BCUT2D eigenvalue weighted by Gasteiger charge is -2.30. The van der Waals surface area contributed by atoms with E-state index in [2.05, 4.69) is 79.1 Å². The molecule has 0 saturated carbocycles. The van der Waals surface area contributed by atoms with Crippen LogP contribution in [0.1, 0.15) is 53.4 Å². The lowest BCUT2D eigenvalue weighted by molar-refractivity contribution is 0.353. The lowest BCUT2D eigenvalue weighted by Crippen LogP contribution is -2.46. The van der Waals surface area contributed by atoms with Crippen molar-refractivity contribution in [3.63, 3.8) is 0 Å². The number of rotatable bonds is 5. The normalized spacial score (nSPS) is 19.6. The maximum absolute atomic E-state index is 4.95. The largest absolute Gasteiger partial charge is 0.357 e. The zero-order valence-electron chi connectivity index (χ0n) is 20.8.